The molecule has 3 nitrogen and oxygen atoms in total. The molecule has 2 heterocycles. The molecule has 0 unspecified atom stereocenters. The van der Waals surface area contributed by atoms with Crippen molar-refractivity contribution in [3.63, 3.8) is 0 Å². The number of carboxylic acids is 1. The van der Waals surface area contributed by atoms with Crippen LogP contribution in [0.15, 0.2) is 29.8 Å². The Balaban J connectivity index is 2.12. The molecule has 0 aliphatic rings. The molecule has 0 spiro atoms. The average Bonchev–Trinajstić information content (AvgIpc) is 2.83. The molecule has 0 fully saturated rings. The first-order valence-corrected chi connectivity index (χ1v) is 6.04. The number of aromatic carboxylic acids is 1. The van der Waals surface area contributed by atoms with Crippen LogP contribution in [0.4, 0.5) is 0 Å². The summed E-state index contributed by atoms with van der Waals surface area (Å²) in [7, 11) is 0. The second-order valence-electron chi connectivity index (χ2n) is 3.37. The van der Waals surface area contributed by atoms with E-state index in [0.29, 0.717) is 11.6 Å². The maximum Gasteiger partial charge on any atom is 0.352 e. The van der Waals surface area contributed by atoms with Gasteiger partial charge in [0.1, 0.15) is 5.69 Å². The minimum absolute atomic E-state index is 0.238. The van der Waals surface area contributed by atoms with Gasteiger partial charge in [0.15, 0.2) is 0 Å². The van der Waals surface area contributed by atoms with Gasteiger partial charge in [0, 0.05) is 17.6 Å². The Kier molecular flexibility index (Phi) is 3.31. The Morgan fingerprint density at radius 2 is 2.38 bits per heavy atom. The van der Waals surface area contributed by atoms with Gasteiger partial charge in [0.25, 0.3) is 0 Å². The van der Waals surface area contributed by atoms with Crippen molar-refractivity contribution in [2.45, 2.75) is 13.0 Å². The summed E-state index contributed by atoms with van der Waals surface area (Å²) < 4.78 is 1.67. The lowest BCUT2D eigenvalue weighted by Crippen LogP contribution is -2.08. The number of nitrogens with zero attached hydrogens (tertiary/aromatic N) is 1. The summed E-state index contributed by atoms with van der Waals surface area (Å²) in [5.41, 5.74) is 0.238. The van der Waals surface area contributed by atoms with Gasteiger partial charge < -0.3 is 9.67 Å². The summed E-state index contributed by atoms with van der Waals surface area (Å²) in [6.45, 7) is 0.634. The fraction of sp³-hybridized carbons (Fsp3) is 0.182. The molecule has 2 aromatic rings. The molecule has 0 saturated carbocycles. The number of aromatic nitrogens is 1. The molecule has 1 N–H and O–H groups in total. The summed E-state index contributed by atoms with van der Waals surface area (Å²) >= 11 is 7.46. The summed E-state index contributed by atoms with van der Waals surface area (Å²) in [6, 6.07) is 5.50. The van der Waals surface area contributed by atoms with Crippen LogP contribution in [0.25, 0.3) is 0 Å². The molecule has 0 saturated heterocycles. The van der Waals surface area contributed by atoms with E-state index < -0.39 is 5.97 Å². The summed E-state index contributed by atoms with van der Waals surface area (Å²) in [4.78, 5) is 12.2. The number of thiophene rings is 1. The van der Waals surface area contributed by atoms with Crippen LogP contribution in [0.2, 0.25) is 5.02 Å². The van der Waals surface area contributed by atoms with Crippen LogP contribution in [-0.4, -0.2) is 15.6 Å². The third-order valence-corrected chi connectivity index (χ3v) is 3.40. The normalized spacial score (nSPS) is 10.6. The van der Waals surface area contributed by atoms with E-state index in [9.17, 15) is 4.79 Å². The highest BCUT2D eigenvalue weighted by molar-refractivity contribution is 7.09. The highest BCUT2D eigenvalue weighted by Gasteiger charge is 2.11. The van der Waals surface area contributed by atoms with Crippen LogP contribution in [-0.2, 0) is 13.0 Å². The topological polar surface area (TPSA) is 42.2 Å². The van der Waals surface area contributed by atoms with Gasteiger partial charge in [-0.05, 0) is 23.9 Å². The van der Waals surface area contributed by atoms with Crippen molar-refractivity contribution in [3.05, 3.63) is 45.4 Å². The van der Waals surface area contributed by atoms with Crippen LogP contribution in [0.1, 0.15) is 15.4 Å². The largest absolute Gasteiger partial charge is 0.477 e. The Morgan fingerprint density at radius 3 is 3.00 bits per heavy atom. The van der Waals surface area contributed by atoms with Crippen molar-refractivity contribution in [2.24, 2.45) is 0 Å². The zero-order valence-corrected chi connectivity index (χ0v) is 9.96. The van der Waals surface area contributed by atoms with E-state index in [1.807, 2.05) is 17.5 Å². The smallest absolute Gasteiger partial charge is 0.352 e. The minimum atomic E-state index is -0.946. The SMILES string of the molecule is O=C(O)c1cc(Cl)cn1CCc1cccs1. The monoisotopic (exact) mass is 255 g/mol. The van der Waals surface area contributed by atoms with Crippen molar-refractivity contribution < 1.29 is 9.90 Å². The fourth-order valence-electron chi connectivity index (χ4n) is 1.52. The Bertz CT molecular complexity index is 490. The summed E-state index contributed by atoms with van der Waals surface area (Å²) in [5, 5.41) is 11.4. The van der Waals surface area contributed by atoms with E-state index in [0.717, 1.165) is 6.42 Å². The lowest BCUT2D eigenvalue weighted by Gasteiger charge is -2.04. The van der Waals surface area contributed by atoms with Gasteiger partial charge in [-0.3, -0.25) is 0 Å². The quantitative estimate of drug-likeness (QED) is 0.912. The molecular weight excluding hydrogens is 246 g/mol. The number of carboxylic acid groups (broad SMARTS) is 1. The maximum atomic E-state index is 10.9. The molecule has 2 rings (SSSR count). The highest BCUT2D eigenvalue weighted by Crippen LogP contribution is 2.16. The number of aryl methyl sites for hydroxylation is 2. The second kappa shape index (κ2) is 4.72. The van der Waals surface area contributed by atoms with Crippen molar-refractivity contribution in [3.8, 4) is 0 Å². The van der Waals surface area contributed by atoms with Crippen molar-refractivity contribution >= 4 is 28.9 Å². The van der Waals surface area contributed by atoms with Crippen LogP contribution in [0, 0.1) is 0 Å². The lowest BCUT2D eigenvalue weighted by molar-refractivity contribution is 0.0685. The molecule has 0 aliphatic carbocycles. The molecular formula is C11H10ClNO2S. The van der Waals surface area contributed by atoms with Crippen molar-refractivity contribution in [2.75, 3.05) is 0 Å². The van der Waals surface area contributed by atoms with Crippen molar-refractivity contribution in [1.29, 1.82) is 0 Å². The third kappa shape index (κ3) is 2.46. The summed E-state index contributed by atoms with van der Waals surface area (Å²) in [6.07, 6.45) is 2.47. The van der Waals surface area contributed by atoms with Gasteiger partial charge in [-0.1, -0.05) is 17.7 Å². The molecule has 0 atom stereocenters. The van der Waals surface area contributed by atoms with E-state index >= 15 is 0 Å². The van der Waals surface area contributed by atoms with Crippen LogP contribution < -0.4 is 0 Å². The van der Waals surface area contributed by atoms with Gasteiger partial charge in [-0.2, -0.15) is 0 Å². The molecule has 16 heavy (non-hydrogen) atoms. The standard InChI is InChI=1S/C11H10ClNO2S/c12-8-6-10(11(14)15)13(7-8)4-3-9-2-1-5-16-9/h1-2,5-7H,3-4H2,(H,14,15). The summed E-state index contributed by atoms with van der Waals surface area (Å²) in [5.74, 6) is -0.946. The number of carbonyl (C=O) groups is 1. The Morgan fingerprint density at radius 1 is 1.56 bits per heavy atom. The molecule has 0 amide bonds. The molecule has 0 aromatic carbocycles. The van der Waals surface area contributed by atoms with Gasteiger partial charge in [-0.25, -0.2) is 4.79 Å². The predicted octanol–water partition coefficient (Wildman–Crippen LogP) is 3.14. The van der Waals surface area contributed by atoms with E-state index in [4.69, 9.17) is 16.7 Å². The average molecular weight is 256 g/mol. The molecule has 2 aromatic heterocycles. The van der Waals surface area contributed by atoms with Crippen LogP contribution in [0.5, 0.6) is 0 Å². The molecule has 0 radical (unpaired) electrons. The van der Waals surface area contributed by atoms with Gasteiger partial charge in [0.05, 0.1) is 5.02 Å². The number of rotatable bonds is 4. The zero-order chi connectivity index (χ0) is 11.5. The van der Waals surface area contributed by atoms with E-state index in [-0.39, 0.29) is 5.69 Å². The molecule has 5 heteroatoms. The maximum absolute atomic E-state index is 10.9. The number of halogens is 1. The van der Waals surface area contributed by atoms with Crippen LogP contribution in [0.3, 0.4) is 0 Å². The highest BCUT2D eigenvalue weighted by atomic mass is 35.5. The fourth-order valence-corrected chi connectivity index (χ4v) is 2.44. The van der Waals surface area contributed by atoms with Gasteiger partial charge in [0.2, 0.25) is 0 Å². The van der Waals surface area contributed by atoms with E-state index in [1.165, 1.54) is 10.9 Å². The Labute approximate surface area is 102 Å². The minimum Gasteiger partial charge on any atom is -0.477 e. The van der Waals surface area contributed by atoms with Crippen LogP contribution >= 0.6 is 22.9 Å². The first-order valence-electron chi connectivity index (χ1n) is 4.78. The number of hydrogen-bond acceptors (Lipinski definition) is 2. The van der Waals surface area contributed by atoms with Crippen molar-refractivity contribution in [1.82, 2.24) is 4.57 Å². The first-order chi connectivity index (χ1) is 7.66. The van der Waals surface area contributed by atoms with Gasteiger partial charge >= 0.3 is 5.97 Å². The predicted molar refractivity (Wildman–Crippen MR) is 64.4 cm³/mol. The third-order valence-electron chi connectivity index (χ3n) is 2.26. The molecule has 0 aliphatic heterocycles. The number of hydrogen-bond donors (Lipinski definition) is 1. The zero-order valence-electron chi connectivity index (χ0n) is 8.39. The lowest BCUT2D eigenvalue weighted by atomic mass is 10.3. The van der Waals surface area contributed by atoms with E-state index in [1.54, 1.807) is 22.1 Å². The molecule has 0 bridgehead atoms. The van der Waals surface area contributed by atoms with Gasteiger partial charge in [-0.15, -0.1) is 11.3 Å². The Hall–Kier alpha value is -1.26. The van der Waals surface area contributed by atoms with E-state index in [2.05, 4.69) is 0 Å². The molecule has 84 valence electrons. The first kappa shape index (κ1) is 11.2. The second-order valence-corrected chi connectivity index (χ2v) is 4.84.